The van der Waals surface area contributed by atoms with E-state index in [1.165, 1.54) is 12.8 Å². The average molecular weight is 295 g/mol. The molecule has 0 radical (unpaired) electrons. The molecule has 0 spiro atoms. The van der Waals surface area contributed by atoms with Crippen molar-refractivity contribution in [1.82, 2.24) is 4.90 Å². The van der Waals surface area contributed by atoms with Gasteiger partial charge in [0.2, 0.25) is 0 Å². The molecule has 0 amide bonds. The molecule has 0 aromatic heterocycles. The van der Waals surface area contributed by atoms with E-state index in [1.54, 1.807) is 0 Å². The van der Waals surface area contributed by atoms with Gasteiger partial charge in [0.1, 0.15) is 0 Å². The summed E-state index contributed by atoms with van der Waals surface area (Å²) in [5.41, 5.74) is 0.709. The van der Waals surface area contributed by atoms with Crippen LogP contribution in [-0.4, -0.2) is 48.3 Å². The first-order valence-corrected chi connectivity index (χ1v) is 7.98. The zero-order chi connectivity index (χ0) is 14.0. The van der Waals surface area contributed by atoms with Crippen LogP contribution in [0.4, 0.5) is 5.69 Å². The summed E-state index contributed by atoms with van der Waals surface area (Å²) in [5.74, 6) is 0. The van der Waals surface area contributed by atoms with Crippen molar-refractivity contribution in [3.63, 3.8) is 0 Å². The zero-order valence-corrected chi connectivity index (χ0v) is 12.6. The first-order valence-electron chi connectivity index (χ1n) is 7.61. The Kier molecular flexibility index (Phi) is 4.20. The number of β-amino-alcohol motifs (C(OH)–C–C–N with tert-alkyl or cyclic N) is 1. The fourth-order valence-electron chi connectivity index (χ4n) is 3.46. The molecule has 1 heterocycles. The van der Waals surface area contributed by atoms with Crippen LogP contribution in [-0.2, 0) is 0 Å². The van der Waals surface area contributed by atoms with Crippen molar-refractivity contribution in [3.8, 4) is 0 Å². The summed E-state index contributed by atoms with van der Waals surface area (Å²) >= 11 is 6.26. The summed E-state index contributed by atoms with van der Waals surface area (Å²) in [6.07, 6.45) is 4.29. The fourth-order valence-corrected chi connectivity index (χ4v) is 3.72. The van der Waals surface area contributed by atoms with Crippen molar-refractivity contribution >= 4 is 17.3 Å². The van der Waals surface area contributed by atoms with Gasteiger partial charge in [-0.2, -0.15) is 0 Å². The van der Waals surface area contributed by atoms with Gasteiger partial charge in [-0.1, -0.05) is 36.6 Å². The molecule has 0 atom stereocenters. The first kappa shape index (κ1) is 14.2. The SMILES string of the molecule is OC1(CN2CCN(c3ccccc3Cl)CC2)CCCC1. The van der Waals surface area contributed by atoms with E-state index in [4.69, 9.17) is 11.6 Å². The Morgan fingerprint density at radius 1 is 1.05 bits per heavy atom. The van der Waals surface area contributed by atoms with Gasteiger partial charge >= 0.3 is 0 Å². The molecule has 20 heavy (non-hydrogen) atoms. The minimum Gasteiger partial charge on any atom is -0.389 e. The van der Waals surface area contributed by atoms with E-state index in [9.17, 15) is 5.11 Å². The molecule has 1 aliphatic carbocycles. The number of nitrogens with zero attached hydrogens (tertiary/aromatic N) is 2. The summed E-state index contributed by atoms with van der Waals surface area (Å²) in [5, 5.41) is 11.3. The Bertz CT molecular complexity index is 452. The van der Waals surface area contributed by atoms with Gasteiger partial charge in [-0.25, -0.2) is 0 Å². The van der Waals surface area contributed by atoms with Gasteiger partial charge in [-0.15, -0.1) is 0 Å². The molecule has 3 rings (SSSR count). The molecule has 4 heteroatoms. The summed E-state index contributed by atoms with van der Waals surface area (Å²) in [7, 11) is 0. The lowest BCUT2D eigenvalue weighted by atomic mass is 10.0. The van der Waals surface area contributed by atoms with Crippen LogP contribution >= 0.6 is 11.6 Å². The molecule has 2 fully saturated rings. The maximum absolute atomic E-state index is 10.5. The lowest BCUT2D eigenvalue weighted by Crippen LogP contribution is -2.51. The summed E-state index contributed by atoms with van der Waals surface area (Å²) in [6.45, 7) is 4.82. The van der Waals surface area contributed by atoms with Crippen molar-refractivity contribution in [2.24, 2.45) is 0 Å². The normalized spacial score (nSPS) is 23.2. The molecule has 110 valence electrons. The van der Waals surface area contributed by atoms with Crippen LogP contribution in [0.25, 0.3) is 0 Å². The van der Waals surface area contributed by atoms with Crippen molar-refractivity contribution in [3.05, 3.63) is 29.3 Å². The van der Waals surface area contributed by atoms with Crippen molar-refractivity contribution in [2.75, 3.05) is 37.6 Å². The van der Waals surface area contributed by atoms with E-state index < -0.39 is 5.60 Å². The Morgan fingerprint density at radius 2 is 1.70 bits per heavy atom. The molecule has 0 bridgehead atoms. The first-order chi connectivity index (χ1) is 9.66. The highest BCUT2D eigenvalue weighted by Crippen LogP contribution is 2.31. The molecule has 3 nitrogen and oxygen atoms in total. The predicted molar refractivity (Wildman–Crippen MR) is 83.5 cm³/mol. The molecule has 1 aliphatic heterocycles. The monoisotopic (exact) mass is 294 g/mol. The maximum Gasteiger partial charge on any atom is 0.0774 e. The highest BCUT2D eigenvalue weighted by molar-refractivity contribution is 6.33. The quantitative estimate of drug-likeness (QED) is 0.929. The van der Waals surface area contributed by atoms with Gasteiger partial charge in [0.15, 0.2) is 0 Å². The van der Waals surface area contributed by atoms with Crippen LogP contribution in [0.1, 0.15) is 25.7 Å². The third-order valence-corrected chi connectivity index (χ3v) is 4.94. The van der Waals surface area contributed by atoms with Crippen LogP contribution in [0, 0.1) is 0 Å². The van der Waals surface area contributed by atoms with E-state index in [0.29, 0.717) is 0 Å². The van der Waals surface area contributed by atoms with Crippen LogP contribution in [0.15, 0.2) is 24.3 Å². The molecular formula is C16H23ClN2O. The number of anilines is 1. The van der Waals surface area contributed by atoms with E-state index in [-0.39, 0.29) is 0 Å². The van der Waals surface area contributed by atoms with E-state index in [0.717, 1.165) is 56.3 Å². The molecule has 1 saturated carbocycles. The number of hydrogen-bond donors (Lipinski definition) is 1. The van der Waals surface area contributed by atoms with Crippen molar-refractivity contribution < 1.29 is 5.11 Å². The van der Waals surface area contributed by atoms with Crippen LogP contribution in [0.3, 0.4) is 0 Å². The second-order valence-corrected chi connectivity index (χ2v) is 6.55. The summed E-state index contributed by atoms with van der Waals surface area (Å²) < 4.78 is 0. The number of benzene rings is 1. The van der Waals surface area contributed by atoms with Gasteiger partial charge in [-0.05, 0) is 25.0 Å². The van der Waals surface area contributed by atoms with Gasteiger partial charge < -0.3 is 10.0 Å². The molecule has 1 aromatic rings. The summed E-state index contributed by atoms with van der Waals surface area (Å²) in [4.78, 5) is 4.75. The number of para-hydroxylation sites is 1. The second kappa shape index (κ2) is 5.92. The highest BCUT2D eigenvalue weighted by Gasteiger charge is 2.34. The Morgan fingerprint density at radius 3 is 2.35 bits per heavy atom. The van der Waals surface area contributed by atoms with Crippen molar-refractivity contribution in [2.45, 2.75) is 31.3 Å². The van der Waals surface area contributed by atoms with E-state index >= 15 is 0 Å². The molecule has 0 unspecified atom stereocenters. The fraction of sp³-hybridized carbons (Fsp3) is 0.625. The van der Waals surface area contributed by atoms with Gasteiger partial charge in [0.25, 0.3) is 0 Å². The van der Waals surface area contributed by atoms with Gasteiger partial charge in [-0.3, -0.25) is 4.90 Å². The largest absolute Gasteiger partial charge is 0.389 e. The highest BCUT2D eigenvalue weighted by atomic mass is 35.5. The third-order valence-electron chi connectivity index (χ3n) is 4.62. The average Bonchev–Trinajstić information content (AvgIpc) is 2.87. The predicted octanol–water partition coefficient (Wildman–Crippen LogP) is 2.77. The van der Waals surface area contributed by atoms with E-state index in [1.807, 2.05) is 18.2 Å². The minimum absolute atomic E-state index is 0.424. The third kappa shape index (κ3) is 3.11. The van der Waals surface area contributed by atoms with Crippen LogP contribution in [0.5, 0.6) is 0 Å². The maximum atomic E-state index is 10.5. The zero-order valence-electron chi connectivity index (χ0n) is 11.9. The number of rotatable bonds is 3. The van der Waals surface area contributed by atoms with Crippen LogP contribution < -0.4 is 4.90 Å². The number of piperazine rings is 1. The number of aliphatic hydroxyl groups is 1. The van der Waals surface area contributed by atoms with Gasteiger partial charge in [0.05, 0.1) is 16.3 Å². The topological polar surface area (TPSA) is 26.7 Å². The smallest absolute Gasteiger partial charge is 0.0774 e. The molecule has 1 N–H and O–H groups in total. The second-order valence-electron chi connectivity index (χ2n) is 6.15. The minimum atomic E-state index is -0.424. The Labute approximate surface area is 126 Å². The van der Waals surface area contributed by atoms with Crippen LogP contribution in [0.2, 0.25) is 5.02 Å². The molecule has 1 saturated heterocycles. The van der Waals surface area contributed by atoms with E-state index in [2.05, 4.69) is 15.9 Å². The number of hydrogen-bond acceptors (Lipinski definition) is 3. The molecule has 2 aliphatic rings. The standard InChI is InChI=1S/C16H23ClN2O/c17-14-5-1-2-6-15(14)19-11-9-18(10-12-19)13-16(20)7-3-4-8-16/h1-2,5-6,20H,3-4,7-13H2. The summed E-state index contributed by atoms with van der Waals surface area (Å²) in [6, 6.07) is 8.04. The van der Waals surface area contributed by atoms with Gasteiger partial charge in [0, 0.05) is 32.7 Å². The Balaban J connectivity index is 1.56. The molecular weight excluding hydrogens is 272 g/mol. The van der Waals surface area contributed by atoms with Crippen molar-refractivity contribution in [1.29, 1.82) is 0 Å². The lowest BCUT2D eigenvalue weighted by molar-refractivity contribution is 0.00803. The lowest BCUT2D eigenvalue weighted by Gasteiger charge is -2.39. The number of halogens is 1. The Hall–Kier alpha value is -0.770. The molecule has 1 aromatic carbocycles.